The first kappa shape index (κ1) is 14.2. The zero-order valence-electron chi connectivity index (χ0n) is 11.0. The van der Waals surface area contributed by atoms with Crippen LogP contribution < -0.4 is 0 Å². The second kappa shape index (κ2) is 5.64. The molecule has 0 spiro atoms. The van der Waals surface area contributed by atoms with Gasteiger partial charge < -0.3 is 14.1 Å². The highest BCUT2D eigenvalue weighted by Crippen LogP contribution is 2.18. The molecule has 0 aliphatic carbocycles. The number of nitrogens with zero attached hydrogens (tertiary/aromatic N) is 1. The van der Waals surface area contributed by atoms with Gasteiger partial charge in [0, 0.05) is 13.5 Å². The molecule has 0 aromatic rings. The molecular formula is C11H21NO4Si. The summed E-state index contributed by atoms with van der Waals surface area (Å²) in [5, 5.41) is 0. The van der Waals surface area contributed by atoms with Gasteiger partial charge in [-0.1, -0.05) is 0 Å². The Bertz CT molecular complexity index is 300. The fraction of sp³-hybridized carbons (Fsp3) is 0.818. The van der Waals surface area contributed by atoms with E-state index in [4.69, 9.17) is 9.16 Å². The third kappa shape index (κ3) is 5.32. The van der Waals surface area contributed by atoms with E-state index in [9.17, 15) is 9.59 Å². The van der Waals surface area contributed by atoms with Crippen molar-refractivity contribution in [2.75, 3.05) is 19.7 Å². The van der Waals surface area contributed by atoms with E-state index in [1.807, 2.05) is 0 Å². The molecule has 1 heterocycles. The molecule has 5 nitrogen and oxygen atoms in total. The highest BCUT2D eigenvalue weighted by atomic mass is 28.4. The minimum Gasteiger partial charge on any atom is -0.464 e. The van der Waals surface area contributed by atoms with Gasteiger partial charge in [0.15, 0.2) is 8.32 Å². The number of hydrogen-bond acceptors (Lipinski definition) is 4. The van der Waals surface area contributed by atoms with Crippen LogP contribution in [0.1, 0.15) is 13.3 Å². The molecule has 6 heteroatoms. The van der Waals surface area contributed by atoms with Crippen LogP contribution in [0, 0.1) is 0 Å². The van der Waals surface area contributed by atoms with Crippen LogP contribution >= 0.6 is 0 Å². The van der Waals surface area contributed by atoms with Crippen molar-refractivity contribution < 1.29 is 18.8 Å². The summed E-state index contributed by atoms with van der Waals surface area (Å²) in [6.07, 6.45) is 0.455. The highest BCUT2D eigenvalue weighted by Gasteiger charge is 2.33. The molecule has 1 aliphatic heterocycles. The van der Waals surface area contributed by atoms with Crippen molar-refractivity contribution in [3.63, 3.8) is 0 Å². The van der Waals surface area contributed by atoms with Gasteiger partial charge in [-0.05, 0) is 19.6 Å². The fourth-order valence-electron chi connectivity index (χ4n) is 1.83. The lowest BCUT2D eigenvalue weighted by molar-refractivity contribution is -0.142. The number of carbonyl (C=O) groups excluding carboxylic acids is 2. The van der Waals surface area contributed by atoms with Gasteiger partial charge in [-0.25, -0.2) is 0 Å². The normalized spacial score (nSPS) is 20.8. The summed E-state index contributed by atoms with van der Waals surface area (Å²) in [5.74, 6) is -0.230. The summed E-state index contributed by atoms with van der Waals surface area (Å²) in [6, 6.07) is 0. The monoisotopic (exact) mass is 259 g/mol. The highest BCUT2D eigenvalue weighted by molar-refractivity contribution is 6.69. The first-order valence-corrected chi connectivity index (χ1v) is 9.28. The third-order valence-corrected chi connectivity index (χ3v) is 3.41. The summed E-state index contributed by atoms with van der Waals surface area (Å²) in [7, 11) is -1.59. The Kier molecular flexibility index (Phi) is 4.70. The Hall–Kier alpha value is -0.883. The molecule has 1 aliphatic rings. The topological polar surface area (TPSA) is 55.8 Å². The Balaban J connectivity index is 2.34. The summed E-state index contributed by atoms with van der Waals surface area (Å²) in [5.41, 5.74) is 0. The van der Waals surface area contributed by atoms with Crippen molar-refractivity contribution in [3.8, 4) is 0 Å². The van der Waals surface area contributed by atoms with Crippen molar-refractivity contribution in [3.05, 3.63) is 0 Å². The standard InChI is InChI=1S/C11H21NO4Si/c1-9(13)15-6-5-12-8-10(7-11(12)14)16-17(2,3)4/h10H,5-8H2,1-4H3. The molecule has 1 unspecified atom stereocenters. The molecule has 0 N–H and O–H groups in total. The predicted octanol–water partition coefficient (Wildman–Crippen LogP) is 1.00. The van der Waals surface area contributed by atoms with E-state index in [0.29, 0.717) is 19.5 Å². The van der Waals surface area contributed by atoms with E-state index in [2.05, 4.69) is 19.6 Å². The van der Waals surface area contributed by atoms with Crippen LogP contribution in [0.15, 0.2) is 0 Å². The van der Waals surface area contributed by atoms with Gasteiger partial charge in [0.2, 0.25) is 5.91 Å². The molecule has 1 atom stereocenters. The minimum absolute atomic E-state index is 0.00601. The molecule has 1 rings (SSSR count). The second-order valence-corrected chi connectivity index (χ2v) is 9.70. The number of carbonyl (C=O) groups is 2. The molecule has 1 saturated heterocycles. The van der Waals surface area contributed by atoms with E-state index < -0.39 is 8.32 Å². The average Bonchev–Trinajstić information content (AvgIpc) is 2.42. The first-order valence-electron chi connectivity index (χ1n) is 5.87. The maximum Gasteiger partial charge on any atom is 0.302 e. The van der Waals surface area contributed by atoms with Crippen LogP contribution in [0.2, 0.25) is 19.6 Å². The second-order valence-electron chi connectivity index (χ2n) is 5.24. The number of ether oxygens (including phenoxy) is 1. The summed E-state index contributed by atoms with van der Waals surface area (Å²) < 4.78 is 10.7. The van der Waals surface area contributed by atoms with Crippen molar-refractivity contribution in [2.24, 2.45) is 0 Å². The zero-order chi connectivity index (χ0) is 13.1. The third-order valence-electron chi connectivity index (χ3n) is 2.37. The number of likely N-dealkylation sites (tertiary alicyclic amines) is 1. The predicted molar refractivity (Wildman–Crippen MR) is 66.0 cm³/mol. The van der Waals surface area contributed by atoms with Crippen molar-refractivity contribution >= 4 is 20.2 Å². The summed E-state index contributed by atoms with van der Waals surface area (Å²) >= 11 is 0. The first-order chi connectivity index (χ1) is 7.78. The van der Waals surface area contributed by atoms with Crippen LogP contribution in [0.5, 0.6) is 0 Å². The van der Waals surface area contributed by atoms with Crippen LogP contribution in [-0.4, -0.2) is 50.9 Å². The molecule has 1 amide bonds. The Morgan fingerprint density at radius 2 is 2.12 bits per heavy atom. The van der Waals surface area contributed by atoms with Crippen molar-refractivity contribution in [1.82, 2.24) is 4.90 Å². The van der Waals surface area contributed by atoms with E-state index in [1.165, 1.54) is 6.92 Å². The van der Waals surface area contributed by atoms with Gasteiger partial charge in [-0.2, -0.15) is 0 Å². The Morgan fingerprint density at radius 1 is 1.47 bits per heavy atom. The lowest BCUT2D eigenvalue weighted by Gasteiger charge is -2.23. The van der Waals surface area contributed by atoms with Gasteiger partial charge in [0.1, 0.15) is 6.61 Å². The molecule has 0 aromatic carbocycles. The quantitative estimate of drug-likeness (QED) is 0.546. The van der Waals surface area contributed by atoms with Gasteiger partial charge in [0.25, 0.3) is 0 Å². The number of hydrogen-bond donors (Lipinski definition) is 0. The molecule has 1 fully saturated rings. The number of amides is 1. The average molecular weight is 259 g/mol. The molecule has 0 bridgehead atoms. The number of esters is 1. The number of rotatable bonds is 5. The largest absolute Gasteiger partial charge is 0.464 e. The van der Waals surface area contributed by atoms with Gasteiger partial charge in [-0.3, -0.25) is 9.59 Å². The van der Waals surface area contributed by atoms with Crippen LogP contribution in [0.3, 0.4) is 0 Å². The molecule has 0 radical (unpaired) electrons. The van der Waals surface area contributed by atoms with Gasteiger partial charge in [0.05, 0.1) is 19.1 Å². The SMILES string of the molecule is CC(=O)OCCN1CC(O[Si](C)(C)C)CC1=O. The van der Waals surface area contributed by atoms with Crippen LogP contribution in [0.25, 0.3) is 0 Å². The van der Waals surface area contributed by atoms with Crippen LogP contribution in [0.4, 0.5) is 0 Å². The smallest absolute Gasteiger partial charge is 0.302 e. The molecule has 17 heavy (non-hydrogen) atoms. The van der Waals surface area contributed by atoms with E-state index in [0.717, 1.165) is 0 Å². The molecular weight excluding hydrogens is 238 g/mol. The molecule has 0 aromatic heterocycles. The summed E-state index contributed by atoms with van der Waals surface area (Å²) in [6.45, 7) is 9.04. The van der Waals surface area contributed by atoms with Gasteiger partial charge >= 0.3 is 5.97 Å². The maximum absolute atomic E-state index is 11.7. The molecule has 0 saturated carbocycles. The lowest BCUT2D eigenvalue weighted by atomic mass is 10.3. The van der Waals surface area contributed by atoms with E-state index >= 15 is 0 Å². The Morgan fingerprint density at radius 3 is 2.65 bits per heavy atom. The fourth-order valence-corrected chi connectivity index (χ4v) is 2.99. The van der Waals surface area contributed by atoms with Crippen molar-refractivity contribution in [2.45, 2.75) is 39.1 Å². The van der Waals surface area contributed by atoms with E-state index in [-0.39, 0.29) is 24.6 Å². The summed E-state index contributed by atoms with van der Waals surface area (Å²) in [4.78, 5) is 24.0. The minimum atomic E-state index is -1.59. The van der Waals surface area contributed by atoms with E-state index in [1.54, 1.807) is 4.90 Å². The Labute approximate surface area is 103 Å². The zero-order valence-corrected chi connectivity index (χ0v) is 12.0. The lowest BCUT2D eigenvalue weighted by Crippen LogP contribution is -2.35. The molecule has 98 valence electrons. The van der Waals surface area contributed by atoms with Crippen molar-refractivity contribution in [1.29, 1.82) is 0 Å². The maximum atomic E-state index is 11.7. The van der Waals surface area contributed by atoms with Crippen LogP contribution in [-0.2, 0) is 18.8 Å². The van der Waals surface area contributed by atoms with Gasteiger partial charge in [-0.15, -0.1) is 0 Å².